The molecule has 2 N–H and O–H groups in total. The maximum absolute atomic E-state index is 12.4. The molecule has 0 aliphatic carbocycles. The van der Waals surface area contributed by atoms with Crippen LogP contribution in [0.2, 0.25) is 0 Å². The number of nitrogens with one attached hydrogen (secondary N) is 2. The van der Waals surface area contributed by atoms with E-state index in [-0.39, 0.29) is 18.4 Å². The summed E-state index contributed by atoms with van der Waals surface area (Å²) in [6.07, 6.45) is 1.56. The summed E-state index contributed by atoms with van der Waals surface area (Å²) in [5, 5.41) is 10.6. The Hall–Kier alpha value is -2.87. The zero-order valence-electron chi connectivity index (χ0n) is 13.4. The van der Waals surface area contributed by atoms with Crippen molar-refractivity contribution in [2.24, 2.45) is 0 Å². The maximum atomic E-state index is 12.4. The van der Waals surface area contributed by atoms with E-state index in [2.05, 4.69) is 20.5 Å². The van der Waals surface area contributed by atoms with Gasteiger partial charge in [0, 0.05) is 16.0 Å². The predicted molar refractivity (Wildman–Crippen MR) is 96.8 cm³/mol. The lowest BCUT2D eigenvalue weighted by Gasteiger charge is -2.28. The third kappa shape index (κ3) is 2.96. The molecule has 3 heterocycles. The van der Waals surface area contributed by atoms with E-state index < -0.39 is 0 Å². The average molecular weight is 353 g/mol. The SMILES string of the molecule is Cc1[nH]nc2ncc(NC(=O)CN3C(=O)CSc4ccccc43)cc12. The van der Waals surface area contributed by atoms with E-state index in [1.54, 1.807) is 6.20 Å². The molecule has 0 unspecified atom stereocenters. The van der Waals surface area contributed by atoms with Crippen LogP contribution < -0.4 is 10.2 Å². The molecule has 4 rings (SSSR count). The Morgan fingerprint density at radius 1 is 1.40 bits per heavy atom. The van der Waals surface area contributed by atoms with Gasteiger partial charge < -0.3 is 10.2 Å². The Balaban J connectivity index is 1.53. The monoisotopic (exact) mass is 353 g/mol. The summed E-state index contributed by atoms with van der Waals surface area (Å²) in [4.78, 5) is 31.4. The first-order valence-corrected chi connectivity index (χ1v) is 8.73. The summed E-state index contributed by atoms with van der Waals surface area (Å²) in [6.45, 7) is 1.86. The normalized spacial score (nSPS) is 13.8. The summed E-state index contributed by atoms with van der Waals surface area (Å²) < 4.78 is 0. The van der Waals surface area contributed by atoms with Crippen LogP contribution >= 0.6 is 11.8 Å². The van der Waals surface area contributed by atoms with Gasteiger partial charge in [-0.3, -0.25) is 14.7 Å². The van der Waals surface area contributed by atoms with Gasteiger partial charge in [-0.1, -0.05) is 12.1 Å². The van der Waals surface area contributed by atoms with E-state index in [0.717, 1.165) is 21.7 Å². The smallest absolute Gasteiger partial charge is 0.244 e. The van der Waals surface area contributed by atoms with Crippen LogP contribution in [-0.4, -0.2) is 39.3 Å². The number of aromatic nitrogens is 3. The average Bonchev–Trinajstić information content (AvgIpc) is 2.98. The number of carbonyl (C=O) groups is 2. The number of hydrogen-bond acceptors (Lipinski definition) is 5. The van der Waals surface area contributed by atoms with Crippen LogP contribution in [0.15, 0.2) is 41.4 Å². The molecule has 8 heteroatoms. The topological polar surface area (TPSA) is 91.0 Å². The minimum absolute atomic E-state index is 0.0290. The lowest BCUT2D eigenvalue weighted by molar-refractivity contribution is -0.120. The zero-order valence-corrected chi connectivity index (χ0v) is 14.3. The van der Waals surface area contributed by atoms with Gasteiger partial charge in [0.25, 0.3) is 0 Å². The number of anilines is 2. The van der Waals surface area contributed by atoms with Gasteiger partial charge >= 0.3 is 0 Å². The fraction of sp³-hybridized carbons (Fsp3) is 0.176. The molecule has 0 spiro atoms. The van der Waals surface area contributed by atoms with Crippen molar-refractivity contribution in [3.8, 4) is 0 Å². The van der Waals surface area contributed by atoms with Gasteiger partial charge in [0.1, 0.15) is 6.54 Å². The fourth-order valence-electron chi connectivity index (χ4n) is 2.76. The molecule has 1 aliphatic heterocycles. The minimum atomic E-state index is -0.266. The molecule has 2 aromatic heterocycles. The Kier molecular flexibility index (Phi) is 3.89. The largest absolute Gasteiger partial charge is 0.323 e. The van der Waals surface area contributed by atoms with Crippen molar-refractivity contribution >= 4 is 46.0 Å². The summed E-state index contributed by atoms with van der Waals surface area (Å²) in [5.74, 6) is 0.00177. The van der Waals surface area contributed by atoms with E-state index in [1.807, 2.05) is 37.3 Å². The number of nitrogens with zero attached hydrogens (tertiary/aromatic N) is 3. The summed E-state index contributed by atoms with van der Waals surface area (Å²) in [6, 6.07) is 9.42. The second kappa shape index (κ2) is 6.21. The molecule has 2 amide bonds. The van der Waals surface area contributed by atoms with Crippen LogP contribution in [-0.2, 0) is 9.59 Å². The van der Waals surface area contributed by atoms with Crippen LogP contribution in [0.25, 0.3) is 11.0 Å². The second-order valence-corrected chi connectivity index (χ2v) is 6.75. The van der Waals surface area contributed by atoms with Gasteiger partial charge in [0.05, 0.1) is 23.3 Å². The summed E-state index contributed by atoms with van der Waals surface area (Å²) >= 11 is 1.49. The third-order valence-corrected chi connectivity index (χ3v) is 5.04. The molecule has 126 valence electrons. The molecule has 0 bridgehead atoms. The van der Waals surface area contributed by atoms with Crippen molar-refractivity contribution in [1.29, 1.82) is 0 Å². The molecule has 0 saturated carbocycles. The Morgan fingerprint density at radius 3 is 3.12 bits per heavy atom. The first kappa shape index (κ1) is 15.6. The Morgan fingerprint density at radius 2 is 2.24 bits per heavy atom. The number of aryl methyl sites for hydroxylation is 1. The molecular weight excluding hydrogens is 338 g/mol. The van der Waals surface area contributed by atoms with Crippen molar-refractivity contribution in [2.75, 3.05) is 22.5 Å². The predicted octanol–water partition coefficient (Wildman–Crippen LogP) is 2.34. The Bertz CT molecular complexity index is 984. The molecular formula is C17H15N5O2S. The number of carbonyl (C=O) groups excluding carboxylic acids is 2. The van der Waals surface area contributed by atoms with Crippen molar-refractivity contribution in [1.82, 2.24) is 15.2 Å². The van der Waals surface area contributed by atoms with Crippen LogP contribution in [0.4, 0.5) is 11.4 Å². The third-order valence-electron chi connectivity index (χ3n) is 3.99. The molecule has 0 fully saturated rings. The lowest BCUT2D eigenvalue weighted by Crippen LogP contribution is -2.41. The number of aromatic amines is 1. The first-order valence-electron chi connectivity index (χ1n) is 7.74. The number of pyridine rings is 1. The van der Waals surface area contributed by atoms with Gasteiger partial charge in [-0.25, -0.2) is 4.98 Å². The maximum Gasteiger partial charge on any atom is 0.244 e. The standard InChI is InChI=1S/C17H15N5O2S/c1-10-12-6-11(7-18-17(12)21-20-10)19-15(23)8-22-13-4-2-3-5-14(13)25-9-16(22)24/h2-7H,8-9H2,1H3,(H,19,23)(H,18,20,21). The zero-order chi connectivity index (χ0) is 17.4. The van der Waals surface area contributed by atoms with E-state index >= 15 is 0 Å². The summed E-state index contributed by atoms with van der Waals surface area (Å²) in [5.41, 5.74) is 2.84. The highest BCUT2D eigenvalue weighted by Gasteiger charge is 2.26. The fourth-order valence-corrected chi connectivity index (χ4v) is 3.70. The molecule has 1 aromatic carbocycles. The molecule has 3 aromatic rings. The molecule has 0 radical (unpaired) electrons. The van der Waals surface area contributed by atoms with Crippen LogP contribution in [0.5, 0.6) is 0 Å². The number of thioether (sulfide) groups is 1. The van der Waals surface area contributed by atoms with Crippen molar-refractivity contribution in [3.05, 3.63) is 42.2 Å². The van der Waals surface area contributed by atoms with E-state index in [0.29, 0.717) is 17.1 Å². The van der Waals surface area contributed by atoms with Gasteiger partial charge in [-0.2, -0.15) is 5.10 Å². The van der Waals surface area contributed by atoms with Gasteiger partial charge in [0.15, 0.2) is 5.65 Å². The lowest BCUT2D eigenvalue weighted by atomic mass is 10.2. The van der Waals surface area contributed by atoms with Crippen LogP contribution in [0.1, 0.15) is 5.69 Å². The van der Waals surface area contributed by atoms with Crippen LogP contribution in [0, 0.1) is 6.92 Å². The minimum Gasteiger partial charge on any atom is -0.323 e. The highest BCUT2D eigenvalue weighted by atomic mass is 32.2. The number of rotatable bonds is 3. The molecule has 0 saturated heterocycles. The molecule has 0 atom stereocenters. The summed E-state index contributed by atoms with van der Waals surface area (Å²) in [7, 11) is 0. The first-order chi connectivity index (χ1) is 12.1. The van der Waals surface area contributed by atoms with Gasteiger partial charge in [-0.15, -0.1) is 11.8 Å². The van der Waals surface area contributed by atoms with Gasteiger partial charge in [-0.05, 0) is 25.1 Å². The van der Waals surface area contributed by atoms with Crippen LogP contribution in [0.3, 0.4) is 0 Å². The number of benzene rings is 1. The molecule has 7 nitrogen and oxygen atoms in total. The number of amides is 2. The van der Waals surface area contributed by atoms with E-state index in [1.165, 1.54) is 16.7 Å². The highest BCUT2D eigenvalue weighted by Crippen LogP contribution is 2.34. The van der Waals surface area contributed by atoms with E-state index in [9.17, 15) is 9.59 Å². The van der Waals surface area contributed by atoms with Crippen molar-refractivity contribution in [2.45, 2.75) is 11.8 Å². The van der Waals surface area contributed by atoms with Crippen molar-refractivity contribution < 1.29 is 9.59 Å². The van der Waals surface area contributed by atoms with E-state index in [4.69, 9.17) is 0 Å². The highest BCUT2D eigenvalue weighted by molar-refractivity contribution is 8.00. The van der Waals surface area contributed by atoms with Gasteiger partial charge in [0.2, 0.25) is 11.8 Å². The second-order valence-electron chi connectivity index (χ2n) is 5.73. The quantitative estimate of drug-likeness (QED) is 0.754. The van der Waals surface area contributed by atoms with Crippen molar-refractivity contribution in [3.63, 3.8) is 0 Å². The Labute approximate surface area is 147 Å². The number of H-pyrrole nitrogens is 1. The molecule has 1 aliphatic rings. The number of fused-ring (bicyclic) bond motifs is 2. The number of para-hydroxylation sites is 1. The number of hydrogen-bond donors (Lipinski definition) is 2. The molecule has 25 heavy (non-hydrogen) atoms.